The summed E-state index contributed by atoms with van der Waals surface area (Å²) < 4.78 is 0. The van der Waals surface area contributed by atoms with Crippen LogP contribution >= 0.6 is 0 Å². The van der Waals surface area contributed by atoms with Gasteiger partial charge in [0, 0.05) is 19.2 Å². The van der Waals surface area contributed by atoms with Crippen LogP contribution in [-0.2, 0) is 0 Å². The molecule has 0 amide bonds. The summed E-state index contributed by atoms with van der Waals surface area (Å²) in [6.45, 7) is 1.61. The number of nitrogen functional groups attached to an aromatic ring is 1. The number of hydrogen-bond acceptors (Lipinski definition) is 6. The van der Waals surface area contributed by atoms with E-state index in [1.807, 2.05) is 4.90 Å². The zero-order valence-electron chi connectivity index (χ0n) is 8.72. The number of hydrogen-bond donors (Lipinski definition) is 2. The van der Waals surface area contributed by atoms with E-state index < -0.39 is 4.92 Å². The molecule has 1 fully saturated rings. The van der Waals surface area contributed by atoms with Gasteiger partial charge in [-0.2, -0.15) is 0 Å². The lowest BCUT2D eigenvalue weighted by Gasteiger charge is -2.16. The van der Waals surface area contributed by atoms with Crippen LogP contribution in [0.3, 0.4) is 0 Å². The standard InChI is InChI=1S/C9H13N5O2/c10-12-8-4-3-7(14(15)16)9(11-8)13-5-1-2-6-13/h3-4H,1-2,5-6,10H2,(H,11,12). The molecule has 2 heterocycles. The van der Waals surface area contributed by atoms with Crippen molar-refractivity contribution in [3.63, 3.8) is 0 Å². The lowest BCUT2D eigenvalue weighted by Crippen LogP contribution is -2.21. The van der Waals surface area contributed by atoms with Crippen molar-refractivity contribution in [3.05, 3.63) is 22.2 Å². The van der Waals surface area contributed by atoms with Gasteiger partial charge in [0.1, 0.15) is 5.82 Å². The molecule has 0 radical (unpaired) electrons. The highest BCUT2D eigenvalue weighted by Crippen LogP contribution is 2.29. The second-order valence-corrected chi connectivity index (χ2v) is 3.63. The Balaban J connectivity index is 2.40. The molecular weight excluding hydrogens is 210 g/mol. The van der Waals surface area contributed by atoms with Gasteiger partial charge in [-0.25, -0.2) is 10.8 Å². The number of anilines is 2. The van der Waals surface area contributed by atoms with E-state index in [0.717, 1.165) is 25.9 Å². The summed E-state index contributed by atoms with van der Waals surface area (Å²) in [5.74, 6) is 6.08. The maximum atomic E-state index is 10.9. The number of nitrogens with zero attached hydrogens (tertiary/aromatic N) is 3. The SMILES string of the molecule is NNc1ccc([N+](=O)[O-])c(N2CCCC2)n1. The average Bonchev–Trinajstić information content (AvgIpc) is 2.81. The first-order valence-electron chi connectivity index (χ1n) is 5.09. The van der Waals surface area contributed by atoms with Crippen molar-refractivity contribution in [2.75, 3.05) is 23.4 Å². The fraction of sp³-hybridized carbons (Fsp3) is 0.444. The predicted molar refractivity (Wildman–Crippen MR) is 60.1 cm³/mol. The van der Waals surface area contributed by atoms with Crippen LogP contribution in [0, 0.1) is 10.1 Å². The summed E-state index contributed by atoms with van der Waals surface area (Å²) in [4.78, 5) is 16.5. The Morgan fingerprint density at radius 2 is 2.12 bits per heavy atom. The molecule has 0 aromatic carbocycles. The van der Waals surface area contributed by atoms with Gasteiger partial charge in [-0.1, -0.05) is 0 Å². The molecule has 0 saturated carbocycles. The minimum atomic E-state index is -0.416. The van der Waals surface area contributed by atoms with Crippen LogP contribution in [0.5, 0.6) is 0 Å². The molecule has 0 unspecified atom stereocenters. The van der Waals surface area contributed by atoms with Crippen molar-refractivity contribution in [1.29, 1.82) is 0 Å². The first-order chi connectivity index (χ1) is 7.72. The molecule has 1 saturated heterocycles. The molecule has 16 heavy (non-hydrogen) atoms. The molecule has 7 nitrogen and oxygen atoms in total. The van der Waals surface area contributed by atoms with Crippen molar-refractivity contribution < 1.29 is 4.92 Å². The van der Waals surface area contributed by atoms with Crippen LogP contribution in [0.4, 0.5) is 17.3 Å². The lowest BCUT2D eigenvalue weighted by molar-refractivity contribution is -0.384. The van der Waals surface area contributed by atoms with E-state index in [1.54, 1.807) is 0 Å². The first-order valence-corrected chi connectivity index (χ1v) is 5.09. The lowest BCUT2D eigenvalue weighted by atomic mass is 10.3. The minimum Gasteiger partial charge on any atom is -0.351 e. The van der Waals surface area contributed by atoms with Gasteiger partial charge < -0.3 is 10.3 Å². The molecule has 3 N–H and O–H groups in total. The number of nitrogens with one attached hydrogen (secondary N) is 1. The van der Waals surface area contributed by atoms with E-state index >= 15 is 0 Å². The molecule has 1 aliphatic heterocycles. The summed E-state index contributed by atoms with van der Waals surface area (Å²) in [6.07, 6.45) is 2.08. The normalized spacial score (nSPS) is 15.2. The van der Waals surface area contributed by atoms with Crippen molar-refractivity contribution >= 4 is 17.3 Å². The fourth-order valence-corrected chi connectivity index (χ4v) is 1.83. The molecule has 0 bridgehead atoms. The fourth-order valence-electron chi connectivity index (χ4n) is 1.83. The molecule has 1 aromatic heterocycles. The maximum Gasteiger partial charge on any atom is 0.311 e. The number of aromatic nitrogens is 1. The summed E-state index contributed by atoms with van der Waals surface area (Å²) >= 11 is 0. The number of nitro groups is 1. The largest absolute Gasteiger partial charge is 0.351 e. The van der Waals surface area contributed by atoms with Crippen molar-refractivity contribution in [1.82, 2.24) is 4.98 Å². The van der Waals surface area contributed by atoms with Gasteiger partial charge >= 0.3 is 5.69 Å². The highest BCUT2D eigenvalue weighted by atomic mass is 16.6. The van der Waals surface area contributed by atoms with Gasteiger partial charge in [-0.3, -0.25) is 10.1 Å². The monoisotopic (exact) mass is 223 g/mol. The Kier molecular flexibility index (Phi) is 2.86. The Bertz CT molecular complexity index is 403. The van der Waals surface area contributed by atoms with E-state index in [1.165, 1.54) is 12.1 Å². The van der Waals surface area contributed by atoms with Crippen LogP contribution in [0.2, 0.25) is 0 Å². The quantitative estimate of drug-likeness (QED) is 0.448. The first kappa shape index (κ1) is 10.6. The summed E-state index contributed by atoms with van der Waals surface area (Å²) in [5, 5.41) is 10.9. The van der Waals surface area contributed by atoms with Gasteiger partial charge in [0.05, 0.1) is 4.92 Å². The minimum absolute atomic E-state index is 0.0286. The molecular formula is C9H13N5O2. The van der Waals surface area contributed by atoms with Crippen molar-refractivity contribution in [2.24, 2.45) is 5.84 Å². The third-order valence-corrected chi connectivity index (χ3v) is 2.60. The van der Waals surface area contributed by atoms with Crippen LogP contribution in [0.25, 0.3) is 0 Å². The van der Waals surface area contributed by atoms with E-state index in [2.05, 4.69) is 10.4 Å². The average molecular weight is 223 g/mol. The Morgan fingerprint density at radius 1 is 1.44 bits per heavy atom. The highest BCUT2D eigenvalue weighted by molar-refractivity contribution is 5.61. The molecule has 7 heteroatoms. The van der Waals surface area contributed by atoms with E-state index in [-0.39, 0.29) is 5.69 Å². The zero-order chi connectivity index (χ0) is 11.5. The Labute approximate surface area is 92.4 Å². The number of rotatable bonds is 3. The third kappa shape index (κ3) is 1.89. The second-order valence-electron chi connectivity index (χ2n) is 3.63. The molecule has 0 aliphatic carbocycles. The van der Waals surface area contributed by atoms with Gasteiger partial charge in [0.15, 0.2) is 0 Å². The number of pyridine rings is 1. The zero-order valence-corrected chi connectivity index (χ0v) is 8.72. The number of nitrogens with two attached hydrogens (primary N) is 1. The summed E-state index contributed by atoms with van der Waals surface area (Å²) in [7, 11) is 0. The topological polar surface area (TPSA) is 97.3 Å². The van der Waals surface area contributed by atoms with Crippen LogP contribution in [-0.4, -0.2) is 23.0 Å². The molecule has 86 valence electrons. The Morgan fingerprint density at radius 3 is 2.69 bits per heavy atom. The van der Waals surface area contributed by atoms with Crippen LogP contribution in [0.1, 0.15) is 12.8 Å². The van der Waals surface area contributed by atoms with E-state index in [4.69, 9.17) is 5.84 Å². The third-order valence-electron chi connectivity index (χ3n) is 2.60. The van der Waals surface area contributed by atoms with E-state index in [0.29, 0.717) is 11.6 Å². The van der Waals surface area contributed by atoms with Gasteiger partial charge in [0.2, 0.25) is 5.82 Å². The predicted octanol–water partition coefficient (Wildman–Crippen LogP) is 0.876. The highest BCUT2D eigenvalue weighted by Gasteiger charge is 2.23. The van der Waals surface area contributed by atoms with Crippen LogP contribution in [0.15, 0.2) is 12.1 Å². The van der Waals surface area contributed by atoms with Crippen LogP contribution < -0.4 is 16.2 Å². The molecule has 0 atom stereocenters. The number of hydrazine groups is 1. The van der Waals surface area contributed by atoms with E-state index in [9.17, 15) is 10.1 Å². The molecule has 1 aromatic rings. The summed E-state index contributed by atoms with van der Waals surface area (Å²) in [5.41, 5.74) is 2.43. The molecule has 1 aliphatic rings. The molecule has 0 spiro atoms. The summed E-state index contributed by atoms with van der Waals surface area (Å²) in [6, 6.07) is 2.92. The van der Waals surface area contributed by atoms with Gasteiger partial charge in [-0.05, 0) is 18.9 Å². The maximum absolute atomic E-state index is 10.9. The van der Waals surface area contributed by atoms with Gasteiger partial charge in [-0.15, -0.1) is 0 Å². The second kappa shape index (κ2) is 4.31. The van der Waals surface area contributed by atoms with Crippen molar-refractivity contribution in [3.8, 4) is 0 Å². The Hall–Kier alpha value is -1.89. The van der Waals surface area contributed by atoms with Gasteiger partial charge in [0.25, 0.3) is 0 Å². The smallest absolute Gasteiger partial charge is 0.311 e. The van der Waals surface area contributed by atoms with Crippen molar-refractivity contribution in [2.45, 2.75) is 12.8 Å². The molecule has 2 rings (SSSR count).